The van der Waals surface area contributed by atoms with Crippen molar-refractivity contribution in [1.29, 1.82) is 0 Å². The van der Waals surface area contributed by atoms with E-state index in [-0.39, 0.29) is 6.07 Å². The van der Waals surface area contributed by atoms with Crippen LogP contribution in [-0.2, 0) is 0 Å². The first-order valence-corrected chi connectivity index (χ1v) is 3.98. The lowest BCUT2D eigenvalue weighted by Gasteiger charge is -2.12. The van der Waals surface area contributed by atoms with Crippen molar-refractivity contribution in [3.05, 3.63) is 22.7 Å². The lowest BCUT2D eigenvalue weighted by atomic mass is 10.3. The Morgan fingerprint density at radius 1 is 1.31 bits per heavy atom. The third-order valence-corrected chi connectivity index (χ3v) is 1.62. The molecule has 1 rings (SSSR count). The molecule has 0 saturated heterocycles. The maximum absolute atomic E-state index is 12.7. The Hall–Kier alpha value is -1.18. The van der Waals surface area contributed by atoms with Gasteiger partial charge in [-0.15, -0.1) is 13.2 Å². The van der Waals surface area contributed by atoms with E-state index >= 15 is 0 Å². The molecule has 0 unspecified atom stereocenters. The van der Waals surface area contributed by atoms with E-state index in [9.17, 15) is 26.3 Å². The average Bonchev–Trinajstić information content (AvgIpc) is 2.07. The van der Waals surface area contributed by atoms with Gasteiger partial charge >= 0.3 is 6.36 Å². The summed E-state index contributed by atoms with van der Waals surface area (Å²) in [6.07, 6.45) is -8.58. The number of rotatable bonds is 2. The molecule has 1 heterocycles. The molecule has 0 atom stereocenters. The number of hydrogen-bond acceptors (Lipinski definition) is 2. The molecule has 9 heteroatoms. The molecule has 1 aromatic rings. The van der Waals surface area contributed by atoms with Crippen molar-refractivity contribution in [2.75, 3.05) is 0 Å². The van der Waals surface area contributed by atoms with Crippen LogP contribution in [0.4, 0.5) is 26.3 Å². The quantitative estimate of drug-likeness (QED) is 0.601. The van der Waals surface area contributed by atoms with Gasteiger partial charge in [0.1, 0.15) is 0 Å². The van der Waals surface area contributed by atoms with E-state index in [1.807, 2.05) is 0 Å². The van der Waals surface area contributed by atoms with Gasteiger partial charge in [0.05, 0.1) is 0 Å². The van der Waals surface area contributed by atoms with E-state index in [1.54, 1.807) is 0 Å². The molecule has 0 radical (unpaired) electrons. The summed E-state index contributed by atoms with van der Waals surface area (Å²) in [7, 11) is 0. The van der Waals surface area contributed by atoms with Gasteiger partial charge < -0.3 is 4.74 Å². The van der Waals surface area contributed by atoms with Gasteiger partial charge in [-0.1, -0.05) is 11.6 Å². The Kier molecular flexibility index (Phi) is 3.51. The topological polar surface area (TPSA) is 22.1 Å². The lowest BCUT2D eigenvalue weighted by Crippen LogP contribution is -2.19. The van der Waals surface area contributed by atoms with E-state index in [0.717, 1.165) is 0 Å². The molecule has 0 amide bonds. The smallest absolute Gasteiger partial charge is 0.403 e. The minimum absolute atomic E-state index is 0.102. The third kappa shape index (κ3) is 3.16. The number of aromatic nitrogens is 1. The summed E-state index contributed by atoms with van der Waals surface area (Å²) in [6.45, 7) is 0. The largest absolute Gasteiger partial charge is 0.573 e. The van der Waals surface area contributed by atoms with Gasteiger partial charge in [0, 0.05) is 6.07 Å². The molecule has 0 N–H and O–H groups in total. The van der Waals surface area contributed by atoms with Crippen LogP contribution >= 0.6 is 11.6 Å². The molecular weight excluding hydrogens is 264 g/mol. The minimum Gasteiger partial charge on any atom is -0.403 e. The maximum Gasteiger partial charge on any atom is 0.573 e. The molecule has 0 fully saturated rings. The van der Waals surface area contributed by atoms with Gasteiger partial charge in [0.2, 0.25) is 0 Å². The molecule has 0 saturated carbocycles. The molecule has 16 heavy (non-hydrogen) atoms. The summed E-state index contributed by atoms with van der Waals surface area (Å²) < 4.78 is 75.6. The normalized spacial score (nSPS) is 12.0. The zero-order chi connectivity index (χ0) is 12.5. The maximum atomic E-state index is 12.7. The van der Waals surface area contributed by atoms with Crippen LogP contribution in [0.3, 0.4) is 0 Å². The van der Waals surface area contributed by atoms with Crippen LogP contribution in [0, 0.1) is 5.82 Å². The number of alkyl halides is 5. The number of nitrogens with zero attached hydrogens (tertiary/aromatic N) is 1. The zero-order valence-electron chi connectivity index (χ0n) is 7.16. The standard InChI is InChI=1S/C7H2ClF6NO/c8-5-2(9)1-3(16-7(12,13)14)4(15-5)6(10)11/h1,6H. The highest BCUT2D eigenvalue weighted by Gasteiger charge is 2.34. The Morgan fingerprint density at radius 2 is 1.88 bits per heavy atom. The second kappa shape index (κ2) is 4.36. The molecule has 0 aromatic carbocycles. The second-order valence-electron chi connectivity index (χ2n) is 2.49. The van der Waals surface area contributed by atoms with E-state index in [0.29, 0.717) is 0 Å². The van der Waals surface area contributed by atoms with E-state index in [4.69, 9.17) is 11.6 Å². The van der Waals surface area contributed by atoms with Gasteiger partial charge in [-0.05, 0) is 0 Å². The Balaban J connectivity index is 3.20. The van der Waals surface area contributed by atoms with Gasteiger partial charge in [0.15, 0.2) is 22.4 Å². The Bertz CT molecular complexity index is 393. The van der Waals surface area contributed by atoms with Crippen LogP contribution in [0.1, 0.15) is 12.1 Å². The van der Waals surface area contributed by atoms with Crippen LogP contribution in [0.25, 0.3) is 0 Å². The van der Waals surface area contributed by atoms with Crippen molar-refractivity contribution in [2.45, 2.75) is 12.8 Å². The molecule has 0 spiro atoms. The van der Waals surface area contributed by atoms with Crippen molar-refractivity contribution in [3.63, 3.8) is 0 Å². The summed E-state index contributed by atoms with van der Waals surface area (Å²) in [5, 5.41) is -0.954. The molecule has 2 nitrogen and oxygen atoms in total. The first-order chi connectivity index (χ1) is 7.20. The fourth-order valence-electron chi connectivity index (χ4n) is 0.826. The van der Waals surface area contributed by atoms with E-state index in [1.165, 1.54) is 0 Å². The first kappa shape index (κ1) is 12.9. The van der Waals surface area contributed by atoms with E-state index in [2.05, 4.69) is 9.72 Å². The fourth-order valence-corrected chi connectivity index (χ4v) is 0.971. The van der Waals surface area contributed by atoms with Crippen LogP contribution in [0.15, 0.2) is 6.07 Å². The summed E-state index contributed by atoms with van der Waals surface area (Å²) in [5.41, 5.74) is -1.37. The molecule has 0 aliphatic rings. The number of halogens is 7. The molecule has 1 aromatic heterocycles. The number of ether oxygens (including phenoxy) is 1. The monoisotopic (exact) mass is 265 g/mol. The van der Waals surface area contributed by atoms with Crippen LogP contribution in [-0.4, -0.2) is 11.3 Å². The minimum atomic E-state index is -5.22. The fraction of sp³-hybridized carbons (Fsp3) is 0.286. The van der Waals surface area contributed by atoms with Gasteiger partial charge in [-0.3, -0.25) is 0 Å². The van der Waals surface area contributed by atoms with Gasteiger partial charge in [0.25, 0.3) is 6.43 Å². The molecule has 0 aliphatic carbocycles. The lowest BCUT2D eigenvalue weighted by molar-refractivity contribution is -0.275. The van der Waals surface area contributed by atoms with Crippen molar-refractivity contribution in [1.82, 2.24) is 4.98 Å². The zero-order valence-corrected chi connectivity index (χ0v) is 7.91. The Labute approximate surface area is 89.8 Å². The van der Waals surface area contributed by atoms with Crippen molar-refractivity contribution < 1.29 is 31.1 Å². The van der Waals surface area contributed by atoms with Crippen molar-refractivity contribution >= 4 is 11.6 Å². The predicted octanol–water partition coefficient (Wildman–Crippen LogP) is 3.71. The van der Waals surface area contributed by atoms with Crippen molar-refractivity contribution in [2.24, 2.45) is 0 Å². The molecule has 0 aliphatic heterocycles. The van der Waals surface area contributed by atoms with Gasteiger partial charge in [-0.25, -0.2) is 18.2 Å². The molecule has 0 bridgehead atoms. The average molecular weight is 266 g/mol. The highest BCUT2D eigenvalue weighted by atomic mass is 35.5. The highest BCUT2D eigenvalue weighted by molar-refractivity contribution is 6.29. The number of pyridine rings is 1. The summed E-state index contributed by atoms with van der Waals surface area (Å²) in [5.74, 6) is -2.80. The summed E-state index contributed by atoms with van der Waals surface area (Å²) in [6, 6.07) is 0.102. The highest BCUT2D eigenvalue weighted by Crippen LogP contribution is 2.33. The second-order valence-corrected chi connectivity index (χ2v) is 2.85. The number of hydrogen-bond donors (Lipinski definition) is 0. The first-order valence-electron chi connectivity index (χ1n) is 3.60. The molecule has 90 valence electrons. The Morgan fingerprint density at radius 3 is 2.31 bits per heavy atom. The van der Waals surface area contributed by atoms with Crippen molar-refractivity contribution in [3.8, 4) is 5.75 Å². The predicted molar refractivity (Wildman–Crippen MR) is 40.8 cm³/mol. The summed E-state index contributed by atoms with van der Waals surface area (Å²) in [4.78, 5) is 2.77. The van der Waals surface area contributed by atoms with Crippen LogP contribution < -0.4 is 4.74 Å². The SMILES string of the molecule is Fc1cc(OC(F)(F)F)c(C(F)F)nc1Cl. The third-order valence-electron chi connectivity index (χ3n) is 1.36. The van der Waals surface area contributed by atoms with Crippen LogP contribution in [0.2, 0.25) is 5.15 Å². The summed E-state index contributed by atoms with van der Waals surface area (Å²) >= 11 is 5.04. The van der Waals surface area contributed by atoms with Gasteiger partial charge in [-0.2, -0.15) is 0 Å². The van der Waals surface area contributed by atoms with E-state index < -0.39 is 35.2 Å². The molecular formula is C7H2ClF6NO. The van der Waals surface area contributed by atoms with Crippen LogP contribution in [0.5, 0.6) is 5.75 Å².